The minimum absolute atomic E-state index is 0.513. The van der Waals surface area contributed by atoms with E-state index in [2.05, 4.69) is 78.9 Å². The molecule has 0 saturated carbocycles. The number of fused-ring (bicyclic) bond motifs is 2. The van der Waals surface area contributed by atoms with Crippen LogP contribution in [0.5, 0.6) is 11.5 Å². The molecule has 0 saturated heterocycles. The molecule has 0 spiro atoms. The Kier molecular flexibility index (Phi) is 4.82. The fourth-order valence-corrected chi connectivity index (χ4v) is 4.04. The molecular weight excluding hydrogens is 368 g/mol. The van der Waals surface area contributed by atoms with Gasteiger partial charge in [-0.05, 0) is 39.2 Å². The lowest BCUT2D eigenvalue weighted by Gasteiger charge is -2.19. The Labute approximate surface area is 176 Å². The maximum absolute atomic E-state index is 6.38. The third kappa shape index (κ3) is 3.27. The van der Waals surface area contributed by atoms with Crippen molar-refractivity contribution in [2.24, 2.45) is 0 Å². The standard InChI is InChI=1S/C28H22O2/c1-29-25-17-15-21-11-5-7-13-23(21)27(25)28-24-14-8-6-12-22(24)16-18-26(28)30-19-20-9-3-2-4-10-20/h2-18H,19H2,1H3. The van der Waals surface area contributed by atoms with Crippen LogP contribution in [0.1, 0.15) is 5.56 Å². The lowest BCUT2D eigenvalue weighted by molar-refractivity contribution is 0.308. The molecule has 146 valence electrons. The predicted octanol–water partition coefficient (Wildman–Crippen LogP) is 7.25. The fourth-order valence-electron chi connectivity index (χ4n) is 4.04. The van der Waals surface area contributed by atoms with Crippen LogP contribution in [0.2, 0.25) is 0 Å². The maximum atomic E-state index is 6.38. The maximum Gasteiger partial charge on any atom is 0.128 e. The van der Waals surface area contributed by atoms with Crippen molar-refractivity contribution in [3.63, 3.8) is 0 Å². The van der Waals surface area contributed by atoms with E-state index < -0.39 is 0 Å². The molecule has 0 N–H and O–H groups in total. The number of rotatable bonds is 5. The Hall–Kier alpha value is -3.78. The van der Waals surface area contributed by atoms with E-state index in [1.165, 1.54) is 10.8 Å². The van der Waals surface area contributed by atoms with Crippen molar-refractivity contribution in [2.45, 2.75) is 6.61 Å². The van der Waals surface area contributed by atoms with Gasteiger partial charge in [0.2, 0.25) is 0 Å². The average Bonchev–Trinajstić information content (AvgIpc) is 2.82. The van der Waals surface area contributed by atoms with Crippen molar-refractivity contribution >= 4 is 21.5 Å². The van der Waals surface area contributed by atoms with Gasteiger partial charge >= 0.3 is 0 Å². The molecule has 0 aliphatic rings. The zero-order chi connectivity index (χ0) is 20.3. The fraction of sp³-hybridized carbons (Fsp3) is 0.0714. The predicted molar refractivity (Wildman–Crippen MR) is 124 cm³/mol. The van der Waals surface area contributed by atoms with Crippen LogP contribution in [0.25, 0.3) is 32.7 Å². The second kappa shape index (κ2) is 7.92. The minimum atomic E-state index is 0.513. The zero-order valence-electron chi connectivity index (χ0n) is 16.8. The summed E-state index contributed by atoms with van der Waals surface area (Å²) in [6.07, 6.45) is 0. The number of benzene rings is 5. The van der Waals surface area contributed by atoms with E-state index in [0.29, 0.717) is 6.61 Å². The topological polar surface area (TPSA) is 18.5 Å². The zero-order valence-corrected chi connectivity index (χ0v) is 16.8. The molecule has 0 amide bonds. The van der Waals surface area contributed by atoms with Gasteiger partial charge in [0, 0.05) is 11.1 Å². The first-order chi connectivity index (χ1) is 14.8. The second-order valence-corrected chi connectivity index (χ2v) is 7.30. The van der Waals surface area contributed by atoms with Crippen LogP contribution in [0, 0.1) is 0 Å². The summed E-state index contributed by atoms with van der Waals surface area (Å²) < 4.78 is 12.2. The summed E-state index contributed by atoms with van der Waals surface area (Å²) in [7, 11) is 1.73. The average molecular weight is 390 g/mol. The van der Waals surface area contributed by atoms with Gasteiger partial charge in [-0.1, -0.05) is 91.0 Å². The molecule has 0 heterocycles. The van der Waals surface area contributed by atoms with Crippen molar-refractivity contribution in [1.82, 2.24) is 0 Å². The Bertz CT molecular complexity index is 1320. The number of ether oxygens (including phenoxy) is 2. The summed E-state index contributed by atoms with van der Waals surface area (Å²) >= 11 is 0. The van der Waals surface area contributed by atoms with Gasteiger partial charge in [0.1, 0.15) is 18.1 Å². The summed E-state index contributed by atoms with van der Waals surface area (Å²) in [4.78, 5) is 0. The Morgan fingerprint density at radius 1 is 0.533 bits per heavy atom. The van der Waals surface area contributed by atoms with Crippen molar-refractivity contribution in [3.8, 4) is 22.6 Å². The summed E-state index contributed by atoms with van der Waals surface area (Å²) in [6.45, 7) is 0.513. The molecule has 0 radical (unpaired) electrons. The third-order valence-corrected chi connectivity index (χ3v) is 5.49. The van der Waals surface area contributed by atoms with Gasteiger partial charge in [-0.25, -0.2) is 0 Å². The SMILES string of the molecule is COc1ccc2ccccc2c1-c1c(OCc2ccccc2)ccc2ccccc12. The molecule has 0 unspecified atom stereocenters. The first kappa shape index (κ1) is 18.3. The van der Waals surface area contributed by atoms with E-state index in [0.717, 1.165) is 39.0 Å². The van der Waals surface area contributed by atoms with Gasteiger partial charge < -0.3 is 9.47 Å². The van der Waals surface area contributed by atoms with E-state index in [4.69, 9.17) is 9.47 Å². The number of methoxy groups -OCH3 is 1. The second-order valence-electron chi connectivity index (χ2n) is 7.30. The highest BCUT2D eigenvalue weighted by molar-refractivity contribution is 6.09. The molecule has 5 rings (SSSR count). The lowest BCUT2D eigenvalue weighted by Crippen LogP contribution is -1.99. The Balaban J connectivity index is 1.76. The van der Waals surface area contributed by atoms with Crippen LogP contribution >= 0.6 is 0 Å². The highest BCUT2D eigenvalue weighted by Crippen LogP contribution is 2.45. The van der Waals surface area contributed by atoms with Gasteiger partial charge in [-0.2, -0.15) is 0 Å². The molecule has 2 heteroatoms. The minimum Gasteiger partial charge on any atom is -0.496 e. The van der Waals surface area contributed by atoms with Crippen LogP contribution in [0.15, 0.2) is 103 Å². The van der Waals surface area contributed by atoms with Crippen molar-refractivity contribution < 1.29 is 9.47 Å². The molecule has 30 heavy (non-hydrogen) atoms. The first-order valence-electron chi connectivity index (χ1n) is 10.1. The number of hydrogen-bond acceptors (Lipinski definition) is 2. The normalized spacial score (nSPS) is 11.0. The molecule has 0 aliphatic heterocycles. The molecule has 0 aliphatic carbocycles. The Morgan fingerprint density at radius 2 is 1.07 bits per heavy atom. The molecule has 5 aromatic rings. The molecule has 0 aromatic heterocycles. The summed E-state index contributed by atoms with van der Waals surface area (Å²) in [5.74, 6) is 1.70. The monoisotopic (exact) mass is 390 g/mol. The molecule has 0 bridgehead atoms. The van der Waals surface area contributed by atoms with E-state index in [1.807, 2.05) is 24.3 Å². The third-order valence-electron chi connectivity index (χ3n) is 5.49. The van der Waals surface area contributed by atoms with Gasteiger partial charge in [0.25, 0.3) is 0 Å². The molecule has 0 atom stereocenters. The van der Waals surface area contributed by atoms with E-state index in [1.54, 1.807) is 7.11 Å². The summed E-state index contributed by atoms with van der Waals surface area (Å²) in [6, 6.07) is 35.4. The molecule has 2 nitrogen and oxygen atoms in total. The van der Waals surface area contributed by atoms with E-state index >= 15 is 0 Å². The van der Waals surface area contributed by atoms with Gasteiger partial charge in [-0.3, -0.25) is 0 Å². The van der Waals surface area contributed by atoms with Gasteiger partial charge in [-0.15, -0.1) is 0 Å². The van der Waals surface area contributed by atoms with Crippen LogP contribution in [-0.2, 0) is 6.61 Å². The smallest absolute Gasteiger partial charge is 0.128 e. The van der Waals surface area contributed by atoms with Crippen LogP contribution < -0.4 is 9.47 Å². The van der Waals surface area contributed by atoms with E-state index in [9.17, 15) is 0 Å². The van der Waals surface area contributed by atoms with Crippen LogP contribution in [0.4, 0.5) is 0 Å². The highest BCUT2D eigenvalue weighted by atomic mass is 16.5. The molecular formula is C28H22O2. The Morgan fingerprint density at radius 3 is 1.70 bits per heavy atom. The van der Waals surface area contributed by atoms with Crippen LogP contribution in [-0.4, -0.2) is 7.11 Å². The summed E-state index contributed by atoms with van der Waals surface area (Å²) in [5, 5.41) is 4.65. The van der Waals surface area contributed by atoms with E-state index in [-0.39, 0.29) is 0 Å². The van der Waals surface area contributed by atoms with Crippen LogP contribution in [0.3, 0.4) is 0 Å². The van der Waals surface area contributed by atoms with Crippen molar-refractivity contribution in [3.05, 3.63) is 109 Å². The first-order valence-corrected chi connectivity index (χ1v) is 10.1. The lowest BCUT2D eigenvalue weighted by atomic mass is 9.92. The quantitative estimate of drug-likeness (QED) is 0.315. The van der Waals surface area contributed by atoms with Crippen molar-refractivity contribution in [2.75, 3.05) is 7.11 Å². The highest BCUT2D eigenvalue weighted by Gasteiger charge is 2.18. The molecule has 5 aromatic carbocycles. The van der Waals surface area contributed by atoms with Crippen molar-refractivity contribution in [1.29, 1.82) is 0 Å². The van der Waals surface area contributed by atoms with Gasteiger partial charge in [0.05, 0.1) is 7.11 Å². The molecule has 0 fully saturated rings. The largest absolute Gasteiger partial charge is 0.496 e. The summed E-state index contributed by atoms with van der Waals surface area (Å²) in [5.41, 5.74) is 3.27. The number of hydrogen-bond donors (Lipinski definition) is 0. The van der Waals surface area contributed by atoms with Gasteiger partial charge in [0.15, 0.2) is 0 Å².